The van der Waals surface area contributed by atoms with E-state index >= 15 is 0 Å². The third-order valence-corrected chi connectivity index (χ3v) is 1.96. The molecule has 0 aliphatic heterocycles. The van der Waals surface area contributed by atoms with E-state index in [9.17, 15) is 13.2 Å². The average molecular weight is 284 g/mol. The van der Waals surface area contributed by atoms with Crippen LogP contribution >= 0.6 is 15.9 Å². The average Bonchev–Trinajstić information content (AvgIpc) is 2.17. The molecule has 0 unspecified atom stereocenters. The Balaban J connectivity index is 2.75. The second-order valence-corrected chi connectivity index (χ2v) is 3.60. The van der Waals surface area contributed by atoms with Crippen LogP contribution < -0.4 is 4.90 Å². The van der Waals surface area contributed by atoms with Gasteiger partial charge >= 0.3 is 6.18 Å². The zero-order valence-corrected chi connectivity index (χ0v) is 9.29. The van der Waals surface area contributed by atoms with Crippen molar-refractivity contribution in [2.75, 3.05) is 23.3 Å². The van der Waals surface area contributed by atoms with Crippen molar-refractivity contribution in [3.8, 4) is 0 Å². The molecule has 0 N–H and O–H groups in total. The van der Waals surface area contributed by atoms with E-state index in [1.54, 1.807) is 6.07 Å². The number of hydrogen-bond acceptors (Lipinski definition) is 3. The second kappa shape index (κ2) is 5.29. The minimum atomic E-state index is -4.24. The molecule has 15 heavy (non-hydrogen) atoms. The van der Waals surface area contributed by atoms with Gasteiger partial charge in [0, 0.05) is 18.1 Å². The highest BCUT2D eigenvalue weighted by Crippen LogP contribution is 2.19. The molecule has 0 radical (unpaired) electrons. The van der Waals surface area contributed by atoms with Gasteiger partial charge in [-0.3, -0.25) is 0 Å². The van der Waals surface area contributed by atoms with Crippen LogP contribution in [0.25, 0.3) is 0 Å². The van der Waals surface area contributed by atoms with Crippen LogP contribution in [0.3, 0.4) is 0 Å². The van der Waals surface area contributed by atoms with Crippen molar-refractivity contribution in [2.45, 2.75) is 6.18 Å². The number of rotatable bonds is 4. The molecule has 0 atom stereocenters. The van der Waals surface area contributed by atoms with Gasteiger partial charge in [0.05, 0.1) is 0 Å². The van der Waals surface area contributed by atoms with Crippen LogP contribution in [-0.4, -0.2) is 34.8 Å². The Hall–Kier alpha value is -0.850. The lowest BCUT2D eigenvalue weighted by molar-refractivity contribution is -0.119. The molecule has 0 aliphatic carbocycles. The van der Waals surface area contributed by atoms with Gasteiger partial charge in [-0.15, -0.1) is 5.10 Å². The van der Waals surface area contributed by atoms with Gasteiger partial charge < -0.3 is 4.90 Å². The predicted octanol–water partition coefficient (Wildman–Crippen LogP) is 2.24. The van der Waals surface area contributed by atoms with Crippen LogP contribution in [0.15, 0.2) is 18.3 Å². The Bertz CT molecular complexity index is 291. The van der Waals surface area contributed by atoms with Crippen LogP contribution in [0.1, 0.15) is 0 Å². The molecule has 7 heteroatoms. The monoisotopic (exact) mass is 283 g/mol. The van der Waals surface area contributed by atoms with Gasteiger partial charge in [-0.05, 0) is 12.1 Å². The lowest BCUT2D eigenvalue weighted by atomic mass is 10.4. The number of hydrogen-bond donors (Lipinski definition) is 0. The van der Waals surface area contributed by atoms with E-state index < -0.39 is 12.7 Å². The van der Waals surface area contributed by atoms with Crippen LogP contribution in [0.5, 0.6) is 0 Å². The quantitative estimate of drug-likeness (QED) is 0.794. The third-order valence-electron chi connectivity index (χ3n) is 1.61. The van der Waals surface area contributed by atoms with Crippen molar-refractivity contribution < 1.29 is 13.2 Å². The molecule has 0 bridgehead atoms. The fraction of sp³-hybridized carbons (Fsp3) is 0.500. The van der Waals surface area contributed by atoms with E-state index in [2.05, 4.69) is 26.1 Å². The zero-order valence-electron chi connectivity index (χ0n) is 7.71. The lowest BCUT2D eigenvalue weighted by Gasteiger charge is -2.23. The van der Waals surface area contributed by atoms with Gasteiger partial charge in [0.2, 0.25) is 0 Å². The summed E-state index contributed by atoms with van der Waals surface area (Å²) in [6, 6.07) is 3.06. The molecule has 84 valence electrons. The summed E-state index contributed by atoms with van der Waals surface area (Å²) in [5.74, 6) is 0.231. The molecule has 0 saturated heterocycles. The van der Waals surface area contributed by atoms with E-state index in [4.69, 9.17) is 0 Å². The first-order valence-electron chi connectivity index (χ1n) is 4.18. The van der Waals surface area contributed by atoms with Gasteiger partial charge in [-0.25, -0.2) is 0 Å². The van der Waals surface area contributed by atoms with E-state index in [0.29, 0.717) is 5.33 Å². The topological polar surface area (TPSA) is 29.0 Å². The highest BCUT2D eigenvalue weighted by Gasteiger charge is 2.31. The Labute approximate surface area is 93.4 Å². The summed E-state index contributed by atoms with van der Waals surface area (Å²) in [6.07, 6.45) is -2.82. The Morgan fingerprint density at radius 3 is 2.60 bits per heavy atom. The van der Waals surface area contributed by atoms with Crippen molar-refractivity contribution in [1.82, 2.24) is 10.2 Å². The first-order valence-corrected chi connectivity index (χ1v) is 5.30. The summed E-state index contributed by atoms with van der Waals surface area (Å²) in [4.78, 5) is 1.13. The van der Waals surface area contributed by atoms with Crippen LogP contribution in [-0.2, 0) is 0 Å². The molecule has 1 heterocycles. The molecule has 1 aromatic heterocycles. The van der Waals surface area contributed by atoms with Crippen LogP contribution in [0.2, 0.25) is 0 Å². The molecule has 0 spiro atoms. The van der Waals surface area contributed by atoms with Crippen molar-refractivity contribution >= 4 is 21.7 Å². The van der Waals surface area contributed by atoms with Crippen molar-refractivity contribution in [2.24, 2.45) is 0 Å². The highest BCUT2D eigenvalue weighted by atomic mass is 79.9. The number of anilines is 1. The molecular weight excluding hydrogens is 275 g/mol. The molecule has 0 saturated carbocycles. The fourth-order valence-corrected chi connectivity index (χ4v) is 1.48. The van der Waals surface area contributed by atoms with Gasteiger partial charge in [-0.2, -0.15) is 18.3 Å². The molecule has 0 amide bonds. The molecule has 0 fully saturated rings. The van der Waals surface area contributed by atoms with Gasteiger partial charge in [-0.1, -0.05) is 15.9 Å². The van der Waals surface area contributed by atoms with Gasteiger partial charge in [0.1, 0.15) is 6.54 Å². The minimum absolute atomic E-state index is 0.231. The van der Waals surface area contributed by atoms with Crippen molar-refractivity contribution in [3.63, 3.8) is 0 Å². The standard InChI is InChI=1S/C8H9BrF3N3/c9-3-5-15(6-8(10,11)12)7-2-1-4-13-14-7/h1-2,4H,3,5-6H2. The Morgan fingerprint density at radius 2 is 2.13 bits per heavy atom. The maximum Gasteiger partial charge on any atom is 0.405 e. The lowest BCUT2D eigenvalue weighted by Crippen LogP contribution is -2.36. The van der Waals surface area contributed by atoms with E-state index in [0.717, 1.165) is 4.90 Å². The maximum atomic E-state index is 12.2. The fourth-order valence-electron chi connectivity index (χ4n) is 1.06. The summed E-state index contributed by atoms with van der Waals surface area (Å²) in [6.45, 7) is -0.782. The molecule has 0 aromatic carbocycles. The molecule has 1 aromatic rings. The first kappa shape index (κ1) is 12.2. The van der Waals surface area contributed by atoms with Crippen molar-refractivity contribution in [3.05, 3.63) is 18.3 Å². The van der Waals surface area contributed by atoms with E-state index in [-0.39, 0.29) is 12.4 Å². The summed E-state index contributed by atoms with van der Waals surface area (Å²) in [7, 11) is 0. The smallest absolute Gasteiger partial charge is 0.345 e. The first-order chi connectivity index (χ1) is 7.03. The zero-order chi connectivity index (χ0) is 11.3. The summed E-state index contributed by atoms with van der Waals surface area (Å²) in [5.41, 5.74) is 0. The van der Waals surface area contributed by atoms with Crippen LogP contribution in [0, 0.1) is 0 Å². The normalized spacial score (nSPS) is 11.5. The maximum absolute atomic E-state index is 12.2. The van der Waals surface area contributed by atoms with E-state index in [1.165, 1.54) is 12.3 Å². The second-order valence-electron chi connectivity index (χ2n) is 2.81. The number of halogens is 4. The largest absolute Gasteiger partial charge is 0.405 e. The van der Waals surface area contributed by atoms with E-state index in [1.807, 2.05) is 0 Å². The highest BCUT2D eigenvalue weighted by molar-refractivity contribution is 9.09. The summed E-state index contributed by atoms with van der Waals surface area (Å²) < 4.78 is 36.6. The SMILES string of the molecule is FC(F)(F)CN(CCBr)c1cccnn1. The van der Waals surface area contributed by atoms with Gasteiger partial charge in [0.15, 0.2) is 5.82 Å². The number of aromatic nitrogens is 2. The Kier molecular flexibility index (Phi) is 4.31. The Morgan fingerprint density at radius 1 is 1.40 bits per heavy atom. The third kappa shape index (κ3) is 4.46. The molecule has 1 rings (SSSR count). The predicted molar refractivity (Wildman–Crippen MR) is 54.1 cm³/mol. The molecule has 0 aliphatic rings. The van der Waals surface area contributed by atoms with Crippen LogP contribution in [0.4, 0.5) is 19.0 Å². The molecule has 3 nitrogen and oxygen atoms in total. The van der Waals surface area contributed by atoms with Crippen molar-refractivity contribution in [1.29, 1.82) is 0 Å². The number of alkyl halides is 4. The summed E-state index contributed by atoms with van der Waals surface area (Å²) >= 11 is 3.10. The minimum Gasteiger partial charge on any atom is -0.345 e. The summed E-state index contributed by atoms with van der Waals surface area (Å²) in [5, 5.41) is 7.62. The molecular formula is C8H9BrF3N3. The van der Waals surface area contributed by atoms with Gasteiger partial charge in [0.25, 0.3) is 0 Å². The number of nitrogens with zero attached hydrogens (tertiary/aromatic N) is 3.